The molecule has 1 aliphatic heterocycles. The highest BCUT2D eigenvalue weighted by molar-refractivity contribution is 7.17. The van der Waals surface area contributed by atoms with E-state index in [-0.39, 0.29) is 11.4 Å². The summed E-state index contributed by atoms with van der Waals surface area (Å²) in [4.78, 5) is 30.3. The molecular weight excluding hydrogens is 504 g/mol. The molecule has 0 saturated heterocycles. The van der Waals surface area contributed by atoms with E-state index in [1.54, 1.807) is 0 Å². The van der Waals surface area contributed by atoms with Gasteiger partial charge in [-0.2, -0.15) is 0 Å². The normalized spacial score (nSPS) is 16.6. The first-order valence-corrected chi connectivity index (χ1v) is 14.1. The highest BCUT2D eigenvalue weighted by Crippen LogP contribution is 2.42. The third-order valence-electron chi connectivity index (χ3n) is 6.43. The Balaban J connectivity index is 1.55. The minimum absolute atomic E-state index is 0.00695. The number of esters is 1. The topological polar surface area (TPSA) is 70.7 Å². The summed E-state index contributed by atoms with van der Waals surface area (Å²) in [6.45, 7) is 7.78. The number of hydrogen-bond donors (Lipinski definition) is 2. The van der Waals surface area contributed by atoms with Gasteiger partial charge in [0.2, 0.25) is 0 Å². The molecule has 198 valence electrons. The van der Waals surface area contributed by atoms with Crippen LogP contribution in [0.4, 0.5) is 18.6 Å². The number of aryl methyl sites for hydroxylation is 1. The maximum atomic E-state index is 14.4. The molecule has 4 rings (SSSR count). The van der Waals surface area contributed by atoms with E-state index < -0.39 is 23.5 Å². The number of nitrogens with zero attached hydrogens (tertiary/aromatic N) is 1. The van der Waals surface area contributed by atoms with Gasteiger partial charge in [-0.1, -0.05) is 6.42 Å². The molecule has 10 heteroatoms. The number of alkyl halides is 2. The Morgan fingerprint density at radius 3 is 2.42 bits per heavy atom. The second-order valence-electron chi connectivity index (χ2n) is 10.8. The van der Waals surface area contributed by atoms with E-state index in [4.69, 9.17) is 4.74 Å². The number of fused-ring (bicyclic) bond motifs is 2. The average Bonchev–Trinajstić information content (AvgIpc) is 3.19. The molecule has 0 spiro atoms. The minimum Gasteiger partial charge on any atom is -0.456 e. The number of carbonyl (C=O) groups excluding carboxylic acids is 2. The number of nitrogens with one attached hydrogen (secondary N) is 2. The van der Waals surface area contributed by atoms with Crippen LogP contribution in [0.25, 0.3) is 0 Å². The van der Waals surface area contributed by atoms with E-state index >= 15 is 0 Å². The van der Waals surface area contributed by atoms with E-state index in [2.05, 4.69) is 15.5 Å². The summed E-state index contributed by atoms with van der Waals surface area (Å²) in [6, 6.07) is -0.519. The van der Waals surface area contributed by atoms with Gasteiger partial charge in [0.05, 0.1) is 10.4 Å². The van der Waals surface area contributed by atoms with Crippen molar-refractivity contribution in [2.24, 2.45) is 0 Å². The first-order chi connectivity index (χ1) is 16.8. The van der Waals surface area contributed by atoms with Crippen LogP contribution in [0.1, 0.15) is 88.6 Å². The lowest BCUT2D eigenvalue weighted by atomic mass is 10.0. The fourth-order valence-corrected chi connectivity index (χ4v) is 7.48. The van der Waals surface area contributed by atoms with Crippen LogP contribution in [0.5, 0.6) is 0 Å². The zero-order valence-corrected chi connectivity index (χ0v) is 23.2. The molecule has 36 heavy (non-hydrogen) atoms. The van der Waals surface area contributed by atoms with Gasteiger partial charge in [0.1, 0.15) is 10.6 Å². The van der Waals surface area contributed by atoms with Crippen LogP contribution in [-0.4, -0.2) is 36.1 Å². The van der Waals surface area contributed by atoms with E-state index in [9.17, 15) is 18.4 Å². The zero-order chi connectivity index (χ0) is 26.3. The summed E-state index contributed by atoms with van der Waals surface area (Å²) in [5, 5.41) is 6.08. The molecule has 0 atom stereocenters. The predicted octanol–water partition coefficient (Wildman–Crippen LogP) is 6.46. The molecule has 0 fully saturated rings. The number of carbonyl (C=O) groups is 2. The Morgan fingerprint density at radius 1 is 1.00 bits per heavy atom. The monoisotopic (exact) mass is 539 g/mol. The standard InChI is InChI=1S/C26H35F2N3O3S2/c1-25(2,3)34-23(32)20-16-9-7-6-8-10-18(16)36-22(20)30-24(33)29-13-17-15-11-12-31(5)14-19(15)35-21(17)26(4,27)28/h6-14H2,1-5H3,(H2,29,30,33). The van der Waals surface area contributed by atoms with E-state index in [1.165, 1.54) is 11.3 Å². The Bertz CT molecular complexity index is 1140. The van der Waals surface area contributed by atoms with Crippen LogP contribution < -0.4 is 10.6 Å². The van der Waals surface area contributed by atoms with Crippen molar-refractivity contribution in [1.82, 2.24) is 10.2 Å². The van der Waals surface area contributed by atoms with Crippen molar-refractivity contribution in [2.45, 2.75) is 90.8 Å². The van der Waals surface area contributed by atoms with Gasteiger partial charge in [-0.05, 0) is 76.6 Å². The third kappa shape index (κ3) is 6.08. The lowest BCUT2D eigenvalue weighted by Crippen LogP contribution is -2.31. The Labute approximate surface area is 219 Å². The van der Waals surface area contributed by atoms with E-state index in [1.807, 2.05) is 27.8 Å². The fraction of sp³-hybridized carbons (Fsp3) is 0.615. The molecule has 2 amide bonds. The molecule has 0 aromatic carbocycles. The third-order valence-corrected chi connectivity index (χ3v) is 9.07. The van der Waals surface area contributed by atoms with Crippen molar-refractivity contribution in [3.05, 3.63) is 36.9 Å². The van der Waals surface area contributed by atoms with Gasteiger partial charge < -0.3 is 15.0 Å². The number of halogens is 2. The molecule has 2 aromatic rings. The van der Waals surface area contributed by atoms with Crippen molar-refractivity contribution in [3.63, 3.8) is 0 Å². The summed E-state index contributed by atoms with van der Waals surface area (Å²) in [6.07, 6.45) is 5.44. The Kier molecular flexibility index (Phi) is 7.78. The lowest BCUT2D eigenvalue weighted by molar-refractivity contribution is 0.00693. The molecule has 3 heterocycles. The molecule has 0 radical (unpaired) electrons. The summed E-state index contributed by atoms with van der Waals surface area (Å²) in [7, 11) is 1.97. The molecule has 2 aliphatic rings. The van der Waals surface area contributed by atoms with Crippen LogP contribution in [0.2, 0.25) is 0 Å². The predicted molar refractivity (Wildman–Crippen MR) is 141 cm³/mol. The van der Waals surface area contributed by atoms with Gasteiger partial charge in [0.25, 0.3) is 5.92 Å². The largest absolute Gasteiger partial charge is 0.456 e. The molecule has 1 aliphatic carbocycles. The van der Waals surface area contributed by atoms with Gasteiger partial charge in [0.15, 0.2) is 0 Å². The number of anilines is 1. The van der Waals surface area contributed by atoms with Gasteiger partial charge in [-0.25, -0.2) is 18.4 Å². The summed E-state index contributed by atoms with van der Waals surface area (Å²) >= 11 is 2.55. The maximum absolute atomic E-state index is 14.4. The molecule has 0 bridgehead atoms. The van der Waals surface area contributed by atoms with Gasteiger partial charge in [-0.3, -0.25) is 5.32 Å². The van der Waals surface area contributed by atoms with Crippen LogP contribution in [-0.2, 0) is 43.0 Å². The summed E-state index contributed by atoms with van der Waals surface area (Å²) in [5.41, 5.74) is 2.17. The molecule has 0 saturated carbocycles. The number of thiophene rings is 2. The molecular formula is C26H35F2N3O3S2. The second-order valence-corrected chi connectivity index (χ2v) is 13.0. The van der Waals surface area contributed by atoms with Gasteiger partial charge in [-0.15, -0.1) is 22.7 Å². The number of urea groups is 1. The van der Waals surface area contributed by atoms with Gasteiger partial charge >= 0.3 is 12.0 Å². The van der Waals surface area contributed by atoms with Crippen LogP contribution in [0, 0.1) is 0 Å². The van der Waals surface area contributed by atoms with Crippen LogP contribution in [0.15, 0.2) is 0 Å². The van der Waals surface area contributed by atoms with Crippen molar-refractivity contribution in [3.8, 4) is 0 Å². The molecule has 6 nitrogen and oxygen atoms in total. The number of hydrogen-bond acceptors (Lipinski definition) is 6. The lowest BCUT2D eigenvalue weighted by Gasteiger charge is -2.23. The average molecular weight is 540 g/mol. The first-order valence-electron chi connectivity index (χ1n) is 12.5. The van der Waals surface area contributed by atoms with Gasteiger partial charge in [0, 0.05) is 36.3 Å². The Hall–Kier alpha value is -2.04. The SMILES string of the molecule is CN1CCc2c(sc(C(C)(F)F)c2CNC(=O)Nc2sc3c(c2C(=O)OC(C)(C)C)CCCCC3)C1. The number of likely N-dealkylation sites (N-methyl/N-ethyl adjacent to an activating group) is 1. The van der Waals surface area contributed by atoms with Crippen LogP contribution >= 0.6 is 22.7 Å². The highest BCUT2D eigenvalue weighted by Gasteiger charge is 2.35. The smallest absolute Gasteiger partial charge is 0.341 e. The molecule has 2 N–H and O–H groups in total. The van der Waals surface area contributed by atoms with E-state index in [0.717, 1.165) is 77.8 Å². The van der Waals surface area contributed by atoms with Crippen molar-refractivity contribution in [2.75, 3.05) is 18.9 Å². The fourth-order valence-electron chi connectivity index (χ4n) is 4.83. The molecule has 0 unspecified atom stereocenters. The number of ether oxygens (including phenoxy) is 1. The van der Waals surface area contributed by atoms with Crippen molar-refractivity contribution in [1.29, 1.82) is 0 Å². The second kappa shape index (κ2) is 10.4. The Morgan fingerprint density at radius 2 is 1.72 bits per heavy atom. The number of amides is 2. The summed E-state index contributed by atoms with van der Waals surface area (Å²) in [5.74, 6) is -3.43. The van der Waals surface area contributed by atoms with E-state index in [0.29, 0.717) is 29.1 Å². The van der Waals surface area contributed by atoms with Crippen LogP contribution in [0.3, 0.4) is 0 Å². The minimum atomic E-state index is -2.98. The summed E-state index contributed by atoms with van der Waals surface area (Å²) < 4.78 is 34.5. The maximum Gasteiger partial charge on any atom is 0.341 e. The highest BCUT2D eigenvalue weighted by atomic mass is 32.1. The van der Waals surface area contributed by atoms with Crippen molar-refractivity contribution < 1.29 is 23.1 Å². The quantitative estimate of drug-likeness (QED) is 0.338. The van der Waals surface area contributed by atoms with Crippen molar-refractivity contribution >= 4 is 39.7 Å². The zero-order valence-electron chi connectivity index (χ0n) is 21.6. The number of rotatable bonds is 5. The first kappa shape index (κ1) is 27.0. The molecule has 2 aromatic heterocycles.